The molecule has 1 heterocycles. The predicted octanol–water partition coefficient (Wildman–Crippen LogP) is 4.72. The normalized spacial score (nSPS) is 10.6. The summed E-state index contributed by atoms with van der Waals surface area (Å²) < 4.78 is 1.14. The smallest absolute Gasteiger partial charge is 0.0734 e. The third-order valence-corrected chi connectivity index (χ3v) is 4.54. The quantitative estimate of drug-likeness (QED) is 0.758. The monoisotopic (exact) mass is 301 g/mol. The van der Waals surface area contributed by atoms with Crippen molar-refractivity contribution in [1.82, 2.24) is 0 Å². The molecule has 2 rings (SSSR count). The topological polar surface area (TPSA) is 26.0 Å². The lowest BCUT2D eigenvalue weighted by molar-refractivity contribution is 1.52. The van der Waals surface area contributed by atoms with Crippen LogP contribution in [0, 0.1) is 6.92 Å². The number of aryl methyl sites for hydroxylation is 1. The van der Waals surface area contributed by atoms with Crippen LogP contribution in [0.4, 0.5) is 5.69 Å². The highest BCUT2D eigenvalue weighted by Gasteiger charge is 2.08. The first-order valence-corrected chi connectivity index (χ1v) is 6.38. The maximum absolute atomic E-state index is 5.95. The van der Waals surface area contributed by atoms with Gasteiger partial charge in [0.05, 0.1) is 3.79 Å². The highest BCUT2D eigenvalue weighted by Crippen LogP contribution is 2.38. The lowest BCUT2D eigenvalue weighted by atomic mass is 10.1. The first-order valence-electron chi connectivity index (χ1n) is 4.39. The molecule has 0 radical (unpaired) electrons. The van der Waals surface area contributed by atoms with Crippen LogP contribution in [-0.4, -0.2) is 0 Å². The summed E-state index contributed by atoms with van der Waals surface area (Å²) in [6, 6.07) is 7.64. The van der Waals surface area contributed by atoms with Crippen molar-refractivity contribution in [1.29, 1.82) is 0 Å². The summed E-state index contributed by atoms with van der Waals surface area (Å²) in [6.07, 6.45) is 0. The predicted molar refractivity (Wildman–Crippen MR) is 71.6 cm³/mol. The van der Waals surface area contributed by atoms with Crippen LogP contribution in [-0.2, 0) is 0 Å². The van der Waals surface area contributed by atoms with Crippen molar-refractivity contribution in [3.05, 3.63) is 38.6 Å². The van der Waals surface area contributed by atoms with Crippen LogP contribution < -0.4 is 5.73 Å². The Morgan fingerprint density at radius 2 is 2.07 bits per heavy atom. The summed E-state index contributed by atoms with van der Waals surface area (Å²) in [5, 5.41) is 0.710. The summed E-state index contributed by atoms with van der Waals surface area (Å²) in [5.41, 5.74) is 8.89. The summed E-state index contributed by atoms with van der Waals surface area (Å²) in [4.78, 5) is 1.14. The van der Waals surface area contributed by atoms with Crippen LogP contribution in [0.2, 0.25) is 5.02 Å². The maximum atomic E-state index is 5.95. The Bertz CT molecular complexity index is 488. The van der Waals surface area contributed by atoms with Gasteiger partial charge in [-0.3, -0.25) is 0 Å². The fraction of sp³-hybridized carbons (Fsp3) is 0.0909. The molecule has 0 saturated carbocycles. The second-order valence-electron chi connectivity index (χ2n) is 3.30. The van der Waals surface area contributed by atoms with E-state index in [1.165, 1.54) is 5.56 Å². The molecule has 1 aromatic heterocycles. The number of rotatable bonds is 1. The van der Waals surface area contributed by atoms with Crippen molar-refractivity contribution in [2.75, 3.05) is 5.73 Å². The van der Waals surface area contributed by atoms with Gasteiger partial charge in [0.25, 0.3) is 0 Å². The number of thiophene rings is 1. The molecule has 0 aliphatic heterocycles. The fourth-order valence-corrected chi connectivity index (χ4v) is 3.08. The fourth-order valence-electron chi connectivity index (χ4n) is 1.33. The molecule has 1 nitrogen and oxygen atoms in total. The third kappa shape index (κ3) is 2.19. The van der Waals surface area contributed by atoms with Crippen LogP contribution >= 0.6 is 38.9 Å². The van der Waals surface area contributed by atoms with Crippen molar-refractivity contribution < 1.29 is 0 Å². The van der Waals surface area contributed by atoms with Crippen molar-refractivity contribution in [2.45, 2.75) is 6.92 Å². The Morgan fingerprint density at radius 3 is 2.67 bits per heavy atom. The molecule has 78 valence electrons. The number of nitrogens with two attached hydrogens (primary N) is 1. The van der Waals surface area contributed by atoms with Crippen molar-refractivity contribution >= 4 is 44.6 Å². The maximum Gasteiger partial charge on any atom is 0.0734 e. The van der Waals surface area contributed by atoms with E-state index in [0.717, 1.165) is 19.9 Å². The summed E-state index contributed by atoms with van der Waals surface area (Å²) >= 11 is 11.1. The van der Waals surface area contributed by atoms with Gasteiger partial charge in [-0.1, -0.05) is 11.6 Å². The zero-order chi connectivity index (χ0) is 11.0. The average Bonchev–Trinajstić information content (AvgIpc) is 2.51. The van der Waals surface area contributed by atoms with Crippen molar-refractivity contribution in [2.24, 2.45) is 0 Å². The number of nitrogen functional groups attached to an aromatic ring is 1. The van der Waals surface area contributed by atoms with E-state index in [9.17, 15) is 0 Å². The minimum Gasteiger partial charge on any atom is -0.398 e. The molecule has 2 aromatic rings. The molecule has 0 bridgehead atoms. The second-order valence-corrected chi connectivity index (χ2v) is 6.11. The van der Waals surface area contributed by atoms with Crippen LogP contribution in [0.1, 0.15) is 5.56 Å². The lowest BCUT2D eigenvalue weighted by Gasteiger charge is -2.02. The lowest BCUT2D eigenvalue weighted by Crippen LogP contribution is -1.87. The van der Waals surface area contributed by atoms with E-state index in [1.807, 2.05) is 12.1 Å². The zero-order valence-electron chi connectivity index (χ0n) is 8.05. The van der Waals surface area contributed by atoms with E-state index in [2.05, 4.69) is 28.9 Å². The molecule has 0 aliphatic carbocycles. The highest BCUT2D eigenvalue weighted by molar-refractivity contribution is 9.11. The van der Waals surface area contributed by atoms with Gasteiger partial charge >= 0.3 is 0 Å². The first-order chi connectivity index (χ1) is 7.08. The van der Waals surface area contributed by atoms with Gasteiger partial charge in [-0.05, 0) is 52.7 Å². The Balaban J connectivity index is 2.58. The van der Waals surface area contributed by atoms with Crippen LogP contribution in [0.5, 0.6) is 0 Å². The van der Waals surface area contributed by atoms with Gasteiger partial charge in [0.1, 0.15) is 0 Å². The number of anilines is 1. The zero-order valence-corrected chi connectivity index (χ0v) is 11.2. The van der Waals surface area contributed by atoms with Crippen LogP contribution in [0.15, 0.2) is 28.1 Å². The van der Waals surface area contributed by atoms with E-state index in [0.29, 0.717) is 5.02 Å². The molecule has 4 heteroatoms. The molecule has 2 N–H and O–H groups in total. The minimum absolute atomic E-state index is 0.710. The minimum atomic E-state index is 0.710. The third-order valence-electron chi connectivity index (χ3n) is 2.14. The van der Waals surface area contributed by atoms with Gasteiger partial charge in [0, 0.05) is 21.2 Å². The molecule has 0 spiro atoms. The Hall–Kier alpha value is -0.510. The summed E-state index contributed by atoms with van der Waals surface area (Å²) in [6.45, 7) is 2.06. The van der Waals surface area contributed by atoms with E-state index in [4.69, 9.17) is 17.3 Å². The molecular weight excluding hydrogens is 294 g/mol. The van der Waals surface area contributed by atoms with E-state index < -0.39 is 0 Å². The van der Waals surface area contributed by atoms with Crippen LogP contribution in [0.25, 0.3) is 10.4 Å². The number of halogens is 2. The summed E-state index contributed by atoms with van der Waals surface area (Å²) in [5.74, 6) is 0. The SMILES string of the molecule is Cc1cc(-c2cc(Cl)ccc2N)sc1Br. The molecule has 0 aliphatic rings. The van der Waals surface area contributed by atoms with E-state index >= 15 is 0 Å². The van der Waals surface area contributed by atoms with Gasteiger partial charge in [-0.25, -0.2) is 0 Å². The van der Waals surface area contributed by atoms with Gasteiger partial charge < -0.3 is 5.73 Å². The number of hydrogen-bond acceptors (Lipinski definition) is 2. The molecule has 0 fully saturated rings. The molecular formula is C11H9BrClNS. The Labute approximate surface area is 106 Å². The average molecular weight is 303 g/mol. The molecule has 0 unspecified atom stereocenters. The van der Waals surface area contributed by atoms with Crippen molar-refractivity contribution in [3.63, 3.8) is 0 Å². The summed E-state index contributed by atoms with van der Waals surface area (Å²) in [7, 11) is 0. The number of hydrogen-bond donors (Lipinski definition) is 1. The largest absolute Gasteiger partial charge is 0.398 e. The number of benzene rings is 1. The first kappa shape index (κ1) is 11.0. The molecule has 0 saturated heterocycles. The molecule has 15 heavy (non-hydrogen) atoms. The highest BCUT2D eigenvalue weighted by atomic mass is 79.9. The Kier molecular flexibility index (Phi) is 3.05. The molecule has 0 amide bonds. The Morgan fingerprint density at radius 1 is 1.33 bits per heavy atom. The van der Waals surface area contributed by atoms with E-state index in [-0.39, 0.29) is 0 Å². The molecule has 0 atom stereocenters. The van der Waals surface area contributed by atoms with Gasteiger partial charge in [0.2, 0.25) is 0 Å². The molecule has 1 aromatic carbocycles. The van der Waals surface area contributed by atoms with Crippen molar-refractivity contribution in [3.8, 4) is 10.4 Å². The van der Waals surface area contributed by atoms with Gasteiger partial charge in [-0.15, -0.1) is 11.3 Å². The van der Waals surface area contributed by atoms with Crippen LogP contribution in [0.3, 0.4) is 0 Å². The van der Waals surface area contributed by atoms with E-state index in [1.54, 1.807) is 17.4 Å². The standard InChI is InChI=1S/C11H9BrClNS/c1-6-4-10(15-11(6)12)8-5-7(13)2-3-9(8)14/h2-5H,14H2,1H3. The van der Waals surface area contributed by atoms with Gasteiger partial charge in [0.15, 0.2) is 0 Å². The second kappa shape index (κ2) is 4.16. The van der Waals surface area contributed by atoms with Gasteiger partial charge in [-0.2, -0.15) is 0 Å².